The van der Waals surface area contributed by atoms with Gasteiger partial charge < -0.3 is 10.7 Å². The summed E-state index contributed by atoms with van der Waals surface area (Å²) >= 11 is 0. The molecule has 0 aromatic carbocycles. The van der Waals surface area contributed by atoms with Crippen molar-refractivity contribution in [2.75, 3.05) is 0 Å². The van der Waals surface area contributed by atoms with Gasteiger partial charge in [-0.2, -0.15) is 0 Å². The van der Waals surface area contributed by atoms with Crippen molar-refractivity contribution >= 4 is 40.4 Å². The van der Waals surface area contributed by atoms with Gasteiger partial charge in [0.25, 0.3) is 5.09 Å². The molecule has 0 aromatic rings. The zero-order valence-corrected chi connectivity index (χ0v) is 2.21. The van der Waals surface area contributed by atoms with Crippen LogP contribution < -0.4 is 0 Å². The van der Waals surface area contributed by atoms with Crippen LogP contribution in [0.15, 0.2) is 0 Å². The van der Waals surface area contributed by atoms with Crippen LogP contribution in [0.25, 0.3) is 0 Å². The fraction of sp³-hybridized carbons (Fsp3) is 0. The molecule has 0 aliphatic heterocycles. The molecule has 0 fully saturated rings. The minimum atomic E-state index is -1.50. The summed E-state index contributed by atoms with van der Waals surface area (Å²) in [7, 11) is 0. The zero-order chi connectivity index (χ0) is 3.58. The lowest BCUT2D eigenvalue weighted by Crippen LogP contribution is -1.81. The van der Waals surface area contributed by atoms with Gasteiger partial charge in [0.2, 0.25) is 0 Å². The molecule has 0 spiro atoms. The fourth-order valence-corrected chi connectivity index (χ4v) is 0. The normalized spacial score (nSPS) is 3.43. The highest BCUT2D eigenvalue weighted by Crippen LogP contribution is 1.38. The van der Waals surface area contributed by atoms with Gasteiger partial charge in [-0.05, 0) is 0 Å². The Balaban J connectivity index is -0.0000000150. The molecule has 0 aliphatic carbocycles. The highest BCUT2D eigenvalue weighted by atomic mass is 27.0. The van der Waals surface area contributed by atoms with E-state index in [1.807, 2.05) is 0 Å². The standard InChI is InChI=1S/Al.Mg.HNO3.H2O.5H/c;;2-1(3)4;;;;;;/h;;(H,2,3,4);1H2;;;;;. The second-order valence-electron chi connectivity index (χ2n) is 0.238. The number of hydrogen-bond acceptors (Lipinski definition) is 2. The van der Waals surface area contributed by atoms with Crippen LogP contribution in [-0.2, 0) is 0 Å². The summed E-state index contributed by atoms with van der Waals surface area (Å²) in [4.78, 5) is 8.36. The zero-order valence-electron chi connectivity index (χ0n) is 2.21. The van der Waals surface area contributed by atoms with Crippen LogP contribution in [-0.4, -0.2) is 56.2 Å². The maximum atomic E-state index is 8.36. The molecule has 0 amide bonds. The van der Waals surface area contributed by atoms with E-state index in [9.17, 15) is 0 Å². The molecule has 0 bridgehead atoms. The Morgan fingerprint density at radius 2 is 1.57 bits per heavy atom. The van der Waals surface area contributed by atoms with Crippen molar-refractivity contribution in [2.24, 2.45) is 0 Å². The largest absolute Gasteiger partial charge is 0.412 e. The van der Waals surface area contributed by atoms with Crippen LogP contribution >= 0.6 is 0 Å². The van der Waals surface area contributed by atoms with Crippen LogP contribution in [0.4, 0.5) is 0 Å². The molecular weight excluding hydrogens is 129 g/mol. The van der Waals surface area contributed by atoms with Crippen molar-refractivity contribution in [1.29, 1.82) is 0 Å². The maximum Gasteiger partial charge on any atom is 0.316 e. The van der Waals surface area contributed by atoms with Gasteiger partial charge in [0, 0.05) is 0 Å². The second-order valence-corrected chi connectivity index (χ2v) is 0.238. The van der Waals surface area contributed by atoms with Gasteiger partial charge >= 0.3 is 23.1 Å². The fourth-order valence-electron chi connectivity index (χ4n) is 0. The highest BCUT2D eigenvalue weighted by Gasteiger charge is 1.65. The van der Waals surface area contributed by atoms with E-state index in [0.29, 0.717) is 0 Å². The quantitative estimate of drug-likeness (QED) is 0.215. The van der Waals surface area contributed by atoms with E-state index in [4.69, 9.17) is 15.3 Å². The average molecular weight is 137 g/mol. The molecule has 0 aliphatic rings. The van der Waals surface area contributed by atoms with Crippen LogP contribution in [0.3, 0.4) is 0 Å². The smallest absolute Gasteiger partial charge is 0.316 e. The highest BCUT2D eigenvalue weighted by molar-refractivity contribution is 5.76. The molecule has 5 nitrogen and oxygen atoms in total. The van der Waals surface area contributed by atoms with Crippen molar-refractivity contribution < 1.29 is 15.8 Å². The second kappa shape index (κ2) is 16.1. The molecule has 7 heavy (non-hydrogen) atoms. The first-order valence-corrected chi connectivity index (χ1v) is 0.565. The summed E-state index contributed by atoms with van der Waals surface area (Å²) in [5.74, 6) is 0. The minimum Gasteiger partial charge on any atom is -0.412 e. The Morgan fingerprint density at radius 3 is 1.57 bits per heavy atom. The molecule has 0 radical (unpaired) electrons. The van der Waals surface area contributed by atoms with Gasteiger partial charge in [0.05, 0.1) is 0 Å². The first kappa shape index (κ1) is 26.0. The maximum absolute atomic E-state index is 8.36. The molecular formula is H8AlMgNO4. The van der Waals surface area contributed by atoms with E-state index < -0.39 is 5.09 Å². The summed E-state index contributed by atoms with van der Waals surface area (Å²) in [6, 6.07) is 0. The average Bonchev–Trinajstić information content (AvgIpc) is 0.811. The first-order chi connectivity index (χ1) is 1.73. The Labute approximate surface area is 66.4 Å². The molecule has 0 atom stereocenters. The van der Waals surface area contributed by atoms with Gasteiger partial charge in [0.1, 0.15) is 0 Å². The molecule has 0 unspecified atom stereocenters. The molecule has 3 N–H and O–H groups in total. The third kappa shape index (κ3) is 610. The van der Waals surface area contributed by atoms with E-state index in [1.54, 1.807) is 0 Å². The van der Waals surface area contributed by atoms with E-state index in [2.05, 4.69) is 0 Å². The van der Waals surface area contributed by atoms with Gasteiger partial charge in [-0.3, -0.25) is 0 Å². The first-order valence-electron chi connectivity index (χ1n) is 0.565. The Kier molecular flexibility index (Phi) is 59.8. The van der Waals surface area contributed by atoms with E-state index in [1.165, 1.54) is 0 Å². The van der Waals surface area contributed by atoms with Gasteiger partial charge in [-0.15, -0.1) is 10.1 Å². The lowest BCUT2D eigenvalue weighted by Gasteiger charge is -1.56. The van der Waals surface area contributed by atoms with Crippen molar-refractivity contribution in [1.82, 2.24) is 0 Å². The molecule has 0 saturated heterocycles. The summed E-state index contributed by atoms with van der Waals surface area (Å²) < 4.78 is 0. The molecule has 7 heteroatoms. The Bertz CT molecular complexity index is 34.7. The van der Waals surface area contributed by atoms with Gasteiger partial charge in [-0.25, -0.2) is 0 Å². The molecule has 42 valence electrons. The van der Waals surface area contributed by atoms with Crippen molar-refractivity contribution in [2.45, 2.75) is 0 Å². The van der Waals surface area contributed by atoms with E-state index in [-0.39, 0.29) is 45.9 Å². The summed E-state index contributed by atoms with van der Waals surface area (Å²) in [6.45, 7) is 0. The van der Waals surface area contributed by atoms with Gasteiger partial charge in [-0.1, -0.05) is 0 Å². The van der Waals surface area contributed by atoms with Crippen LogP contribution in [0.1, 0.15) is 0 Å². The number of nitrogens with zero attached hydrogens (tertiary/aromatic N) is 1. The van der Waals surface area contributed by atoms with Crippen molar-refractivity contribution in [3.05, 3.63) is 10.1 Å². The monoisotopic (exact) mass is 137 g/mol. The number of hydrogen-bond donors (Lipinski definition) is 1. The minimum absolute atomic E-state index is 0. The predicted molar refractivity (Wildman–Crippen MR) is 30.9 cm³/mol. The molecule has 0 heterocycles. The van der Waals surface area contributed by atoms with E-state index >= 15 is 0 Å². The Morgan fingerprint density at radius 1 is 1.57 bits per heavy atom. The Hall–Kier alpha value is 0.459. The third-order valence-electron chi connectivity index (χ3n) is 0. The van der Waals surface area contributed by atoms with Gasteiger partial charge in [0.15, 0.2) is 17.4 Å². The number of rotatable bonds is 0. The summed E-state index contributed by atoms with van der Waals surface area (Å²) in [6.07, 6.45) is 0. The van der Waals surface area contributed by atoms with E-state index in [0.717, 1.165) is 0 Å². The summed E-state index contributed by atoms with van der Waals surface area (Å²) in [5, 5.41) is 13.6. The molecule has 0 saturated carbocycles. The SMILES string of the molecule is O.O=[N+]([O-])O.[AlH3].[MgH2]. The lowest BCUT2D eigenvalue weighted by atomic mass is 13.1. The lowest BCUT2D eigenvalue weighted by molar-refractivity contribution is -0.742. The topological polar surface area (TPSA) is 94.9 Å². The van der Waals surface area contributed by atoms with Crippen molar-refractivity contribution in [3.8, 4) is 0 Å². The van der Waals surface area contributed by atoms with Crippen molar-refractivity contribution in [3.63, 3.8) is 0 Å². The predicted octanol–water partition coefficient (Wildman–Crippen LogP) is -3.27. The van der Waals surface area contributed by atoms with Crippen LogP contribution in [0, 0.1) is 10.1 Å². The summed E-state index contributed by atoms with van der Waals surface area (Å²) in [5.41, 5.74) is 0. The van der Waals surface area contributed by atoms with Crippen LogP contribution in [0.5, 0.6) is 0 Å². The third-order valence-corrected chi connectivity index (χ3v) is 0. The molecule has 0 aromatic heterocycles. The van der Waals surface area contributed by atoms with Crippen LogP contribution in [0.2, 0.25) is 0 Å². The molecule has 0 rings (SSSR count).